The molecule has 0 aliphatic carbocycles. The molecular weight excluding hydrogens is 268 g/mol. The van der Waals surface area contributed by atoms with E-state index in [4.69, 9.17) is 15.3 Å². The van der Waals surface area contributed by atoms with Crippen LogP contribution in [0.1, 0.15) is 0 Å². The summed E-state index contributed by atoms with van der Waals surface area (Å²) in [5, 5.41) is 0. The number of hydrogen-bond acceptors (Lipinski definition) is 4. The fourth-order valence-corrected chi connectivity index (χ4v) is 1.08. The van der Waals surface area contributed by atoms with Gasteiger partial charge in [-0.25, -0.2) is 0 Å². The molecule has 0 aromatic carbocycles. The molecule has 0 aromatic rings. The molecule has 4 nitrogen and oxygen atoms in total. The van der Waals surface area contributed by atoms with Crippen LogP contribution in [0.5, 0.6) is 0 Å². The molecule has 0 atom stereocenters. The van der Waals surface area contributed by atoms with Crippen molar-refractivity contribution in [2.75, 3.05) is 27.9 Å². The zero-order valence-corrected chi connectivity index (χ0v) is 9.55. The molecule has 0 amide bonds. The number of methoxy groups -OCH3 is 3. The Kier molecular flexibility index (Phi) is 6.48. The van der Waals surface area contributed by atoms with Crippen LogP contribution in [0.2, 0.25) is 0 Å². The summed E-state index contributed by atoms with van der Waals surface area (Å²) in [7, 11) is 4.52. The molecule has 0 radical (unpaired) electrons. The average Bonchev–Trinajstić information content (AvgIpc) is 2.01. The van der Waals surface area contributed by atoms with Crippen molar-refractivity contribution in [1.82, 2.24) is 0 Å². The molecule has 0 aliphatic heterocycles. The first kappa shape index (κ1) is 11.2. The van der Waals surface area contributed by atoms with Gasteiger partial charge in [-0.15, -0.1) is 0 Å². The van der Waals surface area contributed by atoms with Gasteiger partial charge in [0.2, 0.25) is 0 Å². The third-order valence-corrected chi connectivity index (χ3v) is 1.65. The number of hydrogen-bond donors (Lipinski definition) is 0. The molecule has 0 saturated carbocycles. The van der Waals surface area contributed by atoms with Gasteiger partial charge in [0, 0.05) is 0 Å². The molecule has 59 valence electrons. The molecule has 0 rings (SSSR count). The fourth-order valence-electron chi connectivity index (χ4n) is 0.515. The molecule has 0 N–H and O–H groups in total. The second-order valence-electron chi connectivity index (χ2n) is 1.58. The third-order valence-electron chi connectivity index (χ3n) is 1.18. The SMILES string of the molecule is COC(C[O][Nd])(OC)OC. The molecule has 10 heavy (non-hydrogen) atoms. The van der Waals surface area contributed by atoms with Gasteiger partial charge in [0.1, 0.15) is 0 Å². The topological polar surface area (TPSA) is 36.9 Å². The summed E-state index contributed by atoms with van der Waals surface area (Å²) < 4.78 is 19.7. The van der Waals surface area contributed by atoms with E-state index in [0.717, 1.165) is 0 Å². The first-order valence-corrected chi connectivity index (χ1v) is 3.99. The summed E-state index contributed by atoms with van der Waals surface area (Å²) in [6.45, 7) is 0.308. The molecule has 0 heterocycles. The summed E-state index contributed by atoms with van der Waals surface area (Å²) >= 11 is 0.644. The Morgan fingerprint density at radius 2 is 1.50 bits per heavy atom. The second kappa shape index (κ2) is 5.79. The maximum atomic E-state index is 4.94. The van der Waals surface area contributed by atoms with E-state index in [1.807, 2.05) is 0 Å². The predicted molar refractivity (Wildman–Crippen MR) is 29.7 cm³/mol. The normalized spacial score (nSPS) is 11.8. The van der Waals surface area contributed by atoms with Gasteiger partial charge in [-0.05, 0) is 0 Å². The van der Waals surface area contributed by atoms with E-state index in [2.05, 4.69) is 0 Å². The van der Waals surface area contributed by atoms with E-state index in [-0.39, 0.29) is 0 Å². The van der Waals surface area contributed by atoms with Crippen LogP contribution >= 0.6 is 0 Å². The molecule has 0 aromatic heterocycles. The Bertz CT molecular complexity index is 75.5. The van der Waals surface area contributed by atoms with Crippen LogP contribution in [0, 0.1) is 39.4 Å². The van der Waals surface area contributed by atoms with Gasteiger partial charge in [-0.2, -0.15) is 0 Å². The third kappa shape index (κ3) is 3.06. The van der Waals surface area contributed by atoms with Crippen LogP contribution in [-0.2, 0) is 15.3 Å². The van der Waals surface area contributed by atoms with Crippen molar-refractivity contribution >= 4 is 0 Å². The summed E-state index contributed by atoms with van der Waals surface area (Å²) in [5.41, 5.74) is 0. The average molecular weight is 279 g/mol. The Hall–Kier alpha value is 1.19. The fraction of sp³-hybridized carbons (Fsp3) is 1.00. The molecule has 0 spiro atoms. The minimum absolute atomic E-state index is 0.308. The van der Waals surface area contributed by atoms with Crippen molar-refractivity contribution in [3.8, 4) is 0 Å². The molecule has 0 aliphatic rings. The summed E-state index contributed by atoms with van der Waals surface area (Å²) in [6, 6.07) is 0. The molecule has 0 fully saturated rings. The summed E-state index contributed by atoms with van der Waals surface area (Å²) in [5.74, 6) is -1.01. The van der Waals surface area contributed by atoms with Crippen molar-refractivity contribution in [2.24, 2.45) is 0 Å². The van der Waals surface area contributed by atoms with E-state index < -0.39 is 5.97 Å². The minimum atomic E-state index is -1.01. The Morgan fingerprint density at radius 1 is 1.10 bits per heavy atom. The van der Waals surface area contributed by atoms with Crippen molar-refractivity contribution in [2.45, 2.75) is 5.97 Å². The molecule has 0 unspecified atom stereocenters. The van der Waals surface area contributed by atoms with Crippen LogP contribution < -0.4 is 0 Å². The van der Waals surface area contributed by atoms with Gasteiger partial charge in [-0.3, -0.25) is 0 Å². The zero-order chi connectivity index (χ0) is 8.04. The van der Waals surface area contributed by atoms with E-state index in [1.54, 1.807) is 0 Å². The first-order chi connectivity index (χ1) is 4.74. The second-order valence-corrected chi connectivity index (χ2v) is 2.51. The van der Waals surface area contributed by atoms with Gasteiger partial charge in [0.15, 0.2) is 0 Å². The van der Waals surface area contributed by atoms with Crippen LogP contribution in [0.4, 0.5) is 0 Å². The van der Waals surface area contributed by atoms with Crippen LogP contribution in [0.15, 0.2) is 0 Å². The van der Waals surface area contributed by atoms with Gasteiger partial charge in [0.25, 0.3) is 0 Å². The van der Waals surface area contributed by atoms with Gasteiger partial charge in [0.05, 0.1) is 0 Å². The number of ether oxygens (including phenoxy) is 3. The van der Waals surface area contributed by atoms with Crippen LogP contribution in [0.25, 0.3) is 0 Å². The molecular formula is C5H11NdO4. The Labute approximate surface area is 87.8 Å². The van der Waals surface area contributed by atoms with E-state index in [9.17, 15) is 0 Å². The Balaban J connectivity index is 3.87. The van der Waals surface area contributed by atoms with Crippen molar-refractivity contribution in [3.63, 3.8) is 0 Å². The van der Waals surface area contributed by atoms with E-state index in [1.165, 1.54) is 21.3 Å². The first-order valence-electron chi connectivity index (χ1n) is 2.68. The predicted octanol–water partition coefficient (Wildman–Crippen LogP) is 0.0603. The zero-order valence-electron chi connectivity index (χ0n) is 6.34. The Morgan fingerprint density at radius 3 is 1.60 bits per heavy atom. The van der Waals surface area contributed by atoms with Crippen molar-refractivity contribution in [1.29, 1.82) is 0 Å². The van der Waals surface area contributed by atoms with Gasteiger partial charge < -0.3 is 0 Å². The van der Waals surface area contributed by atoms with Crippen molar-refractivity contribution in [3.05, 3.63) is 0 Å². The standard InChI is InChI=1S/C5H11O4.Nd/c1-7-5(4-6,8-2)9-3;/h4H2,1-3H3;/q-1;+1. The van der Waals surface area contributed by atoms with E-state index >= 15 is 0 Å². The number of rotatable bonds is 5. The monoisotopic (exact) mass is 277 g/mol. The van der Waals surface area contributed by atoms with Crippen molar-refractivity contribution < 1.29 is 54.6 Å². The maximum absolute atomic E-state index is 4.94. The quantitative estimate of drug-likeness (QED) is 0.667. The van der Waals surface area contributed by atoms with Crippen LogP contribution in [0.3, 0.4) is 0 Å². The molecule has 0 saturated heterocycles. The van der Waals surface area contributed by atoms with Gasteiger partial charge >= 0.3 is 88.5 Å². The summed E-state index contributed by atoms with van der Waals surface area (Å²) in [4.78, 5) is 0. The van der Waals surface area contributed by atoms with Crippen LogP contribution in [-0.4, -0.2) is 33.9 Å². The molecule has 5 heteroatoms. The molecule has 0 bridgehead atoms. The van der Waals surface area contributed by atoms with E-state index in [0.29, 0.717) is 46.0 Å². The summed E-state index contributed by atoms with van der Waals surface area (Å²) in [6.07, 6.45) is 0. The van der Waals surface area contributed by atoms with Gasteiger partial charge in [-0.1, -0.05) is 0 Å².